The van der Waals surface area contributed by atoms with Gasteiger partial charge in [-0.1, -0.05) is 0 Å². The number of aromatic nitrogens is 2. The molecule has 8 heteroatoms. The maximum absolute atomic E-state index is 12.3. The van der Waals surface area contributed by atoms with Gasteiger partial charge in [0.25, 0.3) is 6.43 Å². The van der Waals surface area contributed by atoms with E-state index in [4.69, 9.17) is 10.8 Å². The van der Waals surface area contributed by atoms with E-state index >= 15 is 0 Å². The molecule has 1 rings (SSSR count). The number of rotatable bonds is 3. The maximum atomic E-state index is 12.3. The van der Waals surface area contributed by atoms with Gasteiger partial charge in [-0.05, 0) is 0 Å². The number of halogens is 3. The van der Waals surface area contributed by atoms with E-state index in [2.05, 4.69) is 9.97 Å². The molecule has 0 unspecified atom stereocenters. The average Bonchev–Trinajstić information content (AvgIpc) is 2.16. The molecule has 0 atom stereocenters. The molecule has 1 aromatic heterocycles. The number of hydrogen-bond donors (Lipinski definition) is 2. The van der Waals surface area contributed by atoms with E-state index in [1.165, 1.54) is 0 Å². The van der Waals surface area contributed by atoms with Crippen molar-refractivity contribution in [3.05, 3.63) is 23.3 Å². The Morgan fingerprint density at radius 1 is 1.60 bits per heavy atom. The summed E-state index contributed by atoms with van der Waals surface area (Å²) in [6.07, 6.45) is -2.12. The summed E-state index contributed by atoms with van der Waals surface area (Å²) in [7, 11) is 0. The third-order valence-corrected chi connectivity index (χ3v) is 1.49. The summed E-state index contributed by atoms with van der Waals surface area (Å²) < 4.78 is 24.6. The summed E-state index contributed by atoms with van der Waals surface area (Å²) in [5, 5.41) is 8.53. The number of carbonyl (C=O) groups is 1. The number of nitrogens with two attached hydrogens (primary N) is 1. The Hall–Kier alpha value is -1.34. The Morgan fingerprint density at radius 3 is 2.60 bits per heavy atom. The smallest absolute Gasteiger partial charge is 0.339 e. The Bertz CT molecular complexity index is 362. The number of alkyl halides is 2. The van der Waals surface area contributed by atoms with Crippen LogP contribution < -0.4 is 5.73 Å². The molecule has 0 aliphatic carbocycles. The van der Waals surface area contributed by atoms with Crippen LogP contribution in [0.3, 0.4) is 0 Å². The first-order chi connectivity index (χ1) is 6.56. The molecule has 0 amide bonds. The van der Waals surface area contributed by atoms with E-state index in [-0.39, 0.29) is 24.8 Å². The zero-order valence-corrected chi connectivity index (χ0v) is 8.17. The van der Waals surface area contributed by atoms with E-state index in [0.29, 0.717) is 0 Å². The van der Waals surface area contributed by atoms with Crippen molar-refractivity contribution in [2.75, 3.05) is 0 Å². The van der Waals surface area contributed by atoms with Crippen LogP contribution in [0.25, 0.3) is 0 Å². The molecule has 0 saturated carbocycles. The number of aromatic carboxylic acids is 1. The predicted molar refractivity (Wildman–Crippen MR) is 49.1 cm³/mol. The highest BCUT2D eigenvalue weighted by atomic mass is 35.5. The van der Waals surface area contributed by atoms with Crippen LogP contribution in [0, 0.1) is 0 Å². The lowest BCUT2D eigenvalue weighted by Crippen LogP contribution is -2.11. The molecular formula is C7H8ClF2N3O2. The largest absolute Gasteiger partial charge is 0.478 e. The highest BCUT2D eigenvalue weighted by Gasteiger charge is 2.20. The minimum atomic E-state index is -2.95. The van der Waals surface area contributed by atoms with Crippen LogP contribution in [0.1, 0.15) is 28.3 Å². The first-order valence-electron chi connectivity index (χ1n) is 3.63. The summed E-state index contributed by atoms with van der Waals surface area (Å²) in [5.74, 6) is -1.49. The van der Waals surface area contributed by atoms with Crippen LogP contribution in [-0.2, 0) is 6.54 Å². The van der Waals surface area contributed by atoms with Crippen molar-refractivity contribution < 1.29 is 18.7 Å². The molecule has 1 heterocycles. The van der Waals surface area contributed by atoms with Crippen molar-refractivity contribution in [1.29, 1.82) is 0 Å². The van der Waals surface area contributed by atoms with Crippen LogP contribution in [0.15, 0.2) is 6.20 Å². The lowest BCUT2D eigenvalue weighted by Gasteiger charge is -2.04. The van der Waals surface area contributed by atoms with Gasteiger partial charge in [0, 0.05) is 6.20 Å². The molecule has 1 aromatic rings. The molecule has 0 aliphatic rings. The summed E-state index contributed by atoms with van der Waals surface area (Å²) in [6.45, 7) is -0.111. The Labute approximate surface area is 89.7 Å². The van der Waals surface area contributed by atoms with Gasteiger partial charge < -0.3 is 10.8 Å². The van der Waals surface area contributed by atoms with Crippen LogP contribution >= 0.6 is 12.4 Å². The molecule has 0 fully saturated rings. The lowest BCUT2D eigenvalue weighted by atomic mass is 10.2. The second-order valence-electron chi connectivity index (χ2n) is 2.40. The quantitative estimate of drug-likeness (QED) is 0.821. The average molecular weight is 240 g/mol. The Balaban J connectivity index is 0.00000196. The van der Waals surface area contributed by atoms with Crippen molar-refractivity contribution in [3.63, 3.8) is 0 Å². The maximum Gasteiger partial charge on any atom is 0.339 e. The van der Waals surface area contributed by atoms with Crippen molar-refractivity contribution >= 4 is 18.4 Å². The predicted octanol–water partition coefficient (Wildman–Crippen LogP) is 0.993. The van der Waals surface area contributed by atoms with Gasteiger partial charge in [0.15, 0.2) is 0 Å². The van der Waals surface area contributed by atoms with Crippen molar-refractivity contribution in [3.8, 4) is 0 Å². The van der Waals surface area contributed by atoms with Gasteiger partial charge in [-0.25, -0.2) is 23.5 Å². The van der Waals surface area contributed by atoms with Gasteiger partial charge in [-0.15, -0.1) is 12.4 Å². The second-order valence-corrected chi connectivity index (χ2v) is 2.40. The topological polar surface area (TPSA) is 89.1 Å². The van der Waals surface area contributed by atoms with E-state index in [9.17, 15) is 13.6 Å². The van der Waals surface area contributed by atoms with E-state index in [1.54, 1.807) is 0 Å². The third-order valence-electron chi connectivity index (χ3n) is 1.49. The minimum Gasteiger partial charge on any atom is -0.478 e. The Morgan fingerprint density at radius 2 is 2.20 bits per heavy atom. The van der Waals surface area contributed by atoms with E-state index in [1.807, 2.05) is 0 Å². The molecule has 3 N–H and O–H groups in total. The third kappa shape index (κ3) is 3.07. The highest BCUT2D eigenvalue weighted by molar-refractivity contribution is 5.88. The summed E-state index contributed by atoms with van der Waals surface area (Å²) in [6, 6.07) is 0. The fourth-order valence-corrected chi connectivity index (χ4v) is 0.863. The number of carboxylic acids is 1. The normalized spacial score (nSPS) is 9.87. The van der Waals surface area contributed by atoms with Gasteiger partial charge in [-0.2, -0.15) is 0 Å². The van der Waals surface area contributed by atoms with Crippen molar-refractivity contribution in [2.24, 2.45) is 5.73 Å². The monoisotopic (exact) mass is 239 g/mol. The lowest BCUT2D eigenvalue weighted by molar-refractivity contribution is 0.0681. The SMILES string of the molecule is Cl.NCc1ncc(C(=O)O)c(C(F)F)n1. The Kier molecular flexibility index (Phi) is 5.03. The minimum absolute atomic E-state index is 0. The van der Waals surface area contributed by atoms with E-state index in [0.717, 1.165) is 6.20 Å². The van der Waals surface area contributed by atoms with Gasteiger partial charge >= 0.3 is 5.97 Å². The first kappa shape index (κ1) is 13.7. The number of hydrogen-bond acceptors (Lipinski definition) is 4. The molecule has 0 radical (unpaired) electrons. The molecule has 0 aliphatic heterocycles. The molecule has 15 heavy (non-hydrogen) atoms. The number of carboxylic acid groups (broad SMARTS) is 1. The molecule has 0 saturated heterocycles. The van der Waals surface area contributed by atoms with Crippen LogP contribution in [-0.4, -0.2) is 21.0 Å². The zero-order valence-electron chi connectivity index (χ0n) is 7.35. The second kappa shape index (κ2) is 5.52. The molecule has 0 bridgehead atoms. The van der Waals surface area contributed by atoms with Gasteiger partial charge in [0.1, 0.15) is 17.1 Å². The highest BCUT2D eigenvalue weighted by Crippen LogP contribution is 2.20. The first-order valence-corrected chi connectivity index (χ1v) is 3.63. The molecule has 84 valence electrons. The fraction of sp³-hybridized carbons (Fsp3) is 0.286. The fourth-order valence-electron chi connectivity index (χ4n) is 0.863. The van der Waals surface area contributed by atoms with Crippen LogP contribution in [0.4, 0.5) is 8.78 Å². The summed E-state index contributed by atoms with van der Waals surface area (Å²) in [5.41, 5.74) is 3.73. The summed E-state index contributed by atoms with van der Waals surface area (Å²) in [4.78, 5) is 17.3. The molecule has 0 aromatic carbocycles. The van der Waals surface area contributed by atoms with Gasteiger partial charge in [0.05, 0.1) is 6.54 Å². The van der Waals surface area contributed by atoms with Gasteiger partial charge in [-0.3, -0.25) is 0 Å². The van der Waals surface area contributed by atoms with E-state index < -0.39 is 23.7 Å². The molecule has 5 nitrogen and oxygen atoms in total. The summed E-state index contributed by atoms with van der Waals surface area (Å²) >= 11 is 0. The van der Waals surface area contributed by atoms with Crippen molar-refractivity contribution in [2.45, 2.75) is 13.0 Å². The van der Waals surface area contributed by atoms with Crippen molar-refractivity contribution in [1.82, 2.24) is 9.97 Å². The van der Waals surface area contributed by atoms with Crippen LogP contribution in [0.2, 0.25) is 0 Å². The molecule has 0 spiro atoms. The number of nitrogens with zero attached hydrogens (tertiary/aromatic N) is 2. The zero-order chi connectivity index (χ0) is 10.7. The van der Waals surface area contributed by atoms with Crippen LogP contribution in [0.5, 0.6) is 0 Å². The van der Waals surface area contributed by atoms with Gasteiger partial charge in [0.2, 0.25) is 0 Å². The standard InChI is InChI=1S/C7H7F2N3O2.ClH/c8-6(9)5-3(7(13)14)2-11-4(1-10)12-5;/h2,6H,1,10H2,(H,13,14);1H. The molecular weight excluding hydrogens is 232 g/mol.